The molecule has 3 nitrogen and oxygen atoms in total. The quantitative estimate of drug-likeness (QED) is 0.880. The average molecular weight is 253 g/mol. The summed E-state index contributed by atoms with van der Waals surface area (Å²) >= 11 is 5.85. The maximum Gasteiger partial charge on any atom is 0.309 e. The van der Waals surface area contributed by atoms with Crippen LogP contribution in [0.3, 0.4) is 0 Å². The molecule has 1 aromatic carbocycles. The predicted octanol–water partition coefficient (Wildman–Crippen LogP) is 2.69. The van der Waals surface area contributed by atoms with Gasteiger partial charge in [0.2, 0.25) is 0 Å². The fourth-order valence-electron chi connectivity index (χ4n) is 3.10. The lowest BCUT2D eigenvalue weighted by molar-refractivity contribution is -0.143. The molecule has 0 amide bonds. The van der Waals surface area contributed by atoms with Gasteiger partial charge in [0.1, 0.15) is 0 Å². The van der Waals surface area contributed by atoms with Crippen molar-refractivity contribution in [2.24, 2.45) is 5.92 Å². The van der Waals surface area contributed by atoms with Crippen LogP contribution in [-0.4, -0.2) is 23.3 Å². The Morgan fingerprint density at radius 3 is 2.53 bits per heavy atom. The van der Waals surface area contributed by atoms with Crippen LogP contribution in [0.1, 0.15) is 24.3 Å². The summed E-state index contributed by atoms with van der Waals surface area (Å²) in [5, 5.41) is 9.99. The molecule has 1 N–H and O–H groups in total. The van der Waals surface area contributed by atoms with Crippen molar-refractivity contribution in [3.63, 3.8) is 0 Å². The molecule has 4 unspecified atom stereocenters. The van der Waals surface area contributed by atoms with E-state index in [9.17, 15) is 9.90 Å². The first kappa shape index (κ1) is 11.1. The van der Waals surface area contributed by atoms with E-state index in [2.05, 4.69) is 0 Å². The highest BCUT2D eigenvalue weighted by molar-refractivity contribution is 6.30. The fourth-order valence-corrected chi connectivity index (χ4v) is 3.23. The van der Waals surface area contributed by atoms with Crippen molar-refractivity contribution in [1.29, 1.82) is 0 Å². The number of fused-ring (bicyclic) bond motifs is 2. The van der Waals surface area contributed by atoms with Crippen molar-refractivity contribution in [1.82, 2.24) is 0 Å². The Morgan fingerprint density at radius 1 is 1.24 bits per heavy atom. The van der Waals surface area contributed by atoms with E-state index in [-0.39, 0.29) is 18.1 Å². The summed E-state index contributed by atoms with van der Waals surface area (Å²) in [5.41, 5.74) is 1.02. The second-order valence-electron chi connectivity index (χ2n) is 4.73. The van der Waals surface area contributed by atoms with Gasteiger partial charge in [0, 0.05) is 10.9 Å². The lowest BCUT2D eigenvalue weighted by Gasteiger charge is -2.25. The number of rotatable bonds is 2. The first-order valence-corrected chi connectivity index (χ1v) is 6.18. The molecule has 4 atom stereocenters. The molecule has 0 radical (unpaired) electrons. The van der Waals surface area contributed by atoms with E-state index in [0.717, 1.165) is 18.4 Å². The van der Waals surface area contributed by atoms with Crippen molar-refractivity contribution in [2.75, 3.05) is 0 Å². The number of carbonyl (C=O) groups is 1. The molecule has 4 heteroatoms. The lowest BCUT2D eigenvalue weighted by Crippen LogP contribution is -2.31. The van der Waals surface area contributed by atoms with Crippen LogP contribution in [0.2, 0.25) is 5.02 Å². The topological polar surface area (TPSA) is 46.5 Å². The van der Waals surface area contributed by atoms with Crippen molar-refractivity contribution < 1.29 is 14.6 Å². The number of carboxylic acids is 1. The fraction of sp³-hybridized carbons (Fsp3) is 0.462. The van der Waals surface area contributed by atoms with Gasteiger partial charge in [-0.3, -0.25) is 4.79 Å². The first-order chi connectivity index (χ1) is 8.16. The van der Waals surface area contributed by atoms with Crippen LogP contribution in [0, 0.1) is 5.92 Å². The van der Waals surface area contributed by atoms with Crippen LogP contribution < -0.4 is 0 Å². The Kier molecular flexibility index (Phi) is 2.60. The molecule has 0 spiro atoms. The number of hydrogen-bond acceptors (Lipinski definition) is 2. The molecule has 17 heavy (non-hydrogen) atoms. The highest BCUT2D eigenvalue weighted by atomic mass is 35.5. The summed E-state index contributed by atoms with van der Waals surface area (Å²) in [4.78, 5) is 11.3. The van der Waals surface area contributed by atoms with Crippen LogP contribution in [-0.2, 0) is 9.53 Å². The van der Waals surface area contributed by atoms with E-state index < -0.39 is 11.9 Å². The third-order valence-electron chi connectivity index (χ3n) is 3.81. The van der Waals surface area contributed by atoms with E-state index in [1.807, 2.05) is 24.3 Å². The standard InChI is InChI=1S/C13H13ClO3/c14-8-3-1-7(2-4-8)11-9-5-6-10(17-9)12(11)13(15)16/h1-4,9-12H,5-6H2,(H,15,16). The third kappa shape index (κ3) is 1.74. The molecule has 3 rings (SSSR count). The van der Waals surface area contributed by atoms with E-state index in [4.69, 9.17) is 16.3 Å². The molecule has 2 heterocycles. The van der Waals surface area contributed by atoms with Gasteiger partial charge in [-0.15, -0.1) is 0 Å². The average Bonchev–Trinajstić information content (AvgIpc) is 2.89. The maximum atomic E-state index is 11.3. The smallest absolute Gasteiger partial charge is 0.309 e. The van der Waals surface area contributed by atoms with Crippen molar-refractivity contribution in [2.45, 2.75) is 31.0 Å². The van der Waals surface area contributed by atoms with Gasteiger partial charge in [0.05, 0.1) is 18.1 Å². The highest BCUT2D eigenvalue weighted by Crippen LogP contribution is 2.48. The monoisotopic (exact) mass is 252 g/mol. The predicted molar refractivity (Wildman–Crippen MR) is 63.2 cm³/mol. The Balaban J connectivity index is 1.95. The van der Waals surface area contributed by atoms with E-state index in [1.54, 1.807) is 0 Å². The van der Waals surface area contributed by atoms with Gasteiger partial charge < -0.3 is 9.84 Å². The SMILES string of the molecule is O=C(O)C1C2CCC(O2)C1c1ccc(Cl)cc1. The number of aliphatic carboxylic acids is 1. The van der Waals surface area contributed by atoms with Crippen molar-refractivity contribution >= 4 is 17.6 Å². The molecule has 2 aliphatic rings. The normalized spacial score (nSPS) is 35.1. The third-order valence-corrected chi connectivity index (χ3v) is 4.07. The second kappa shape index (κ2) is 4.00. The van der Waals surface area contributed by atoms with Gasteiger partial charge in [0.15, 0.2) is 0 Å². The Bertz CT molecular complexity index is 442. The molecule has 0 aliphatic carbocycles. The minimum absolute atomic E-state index is 0.0245. The van der Waals surface area contributed by atoms with Crippen LogP contribution in [0.25, 0.3) is 0 Å². The number of hydrogen-bond donors (Lipinski definition) is 1. The van der Waals surface area contributed by atoms with E-state index in [1.165, 1.54) is 0 Å². The summed E-state index contributed by atoms with van der Waals surface area (Å²) < 4.78 is 5.73. The van der Waals surface area contributed by atoms with Crippen LogP contribution in [0.4, 0.5) is 0 Å². The van der Waals surface area contributed by atoms with Gasteiger partial charge in [-0.2, -0.15) is 0 Å². The summed E-state index contributed by atoms with van der Waals surface area (Å²) in [6.07, 6.45) is 1.77. The molecule has 0 saturated carbocycles. The van der Waals surface area contributed by atoms with Gasteiger partial charge in [0.25, 0.3) is 0 Å². The number of carboxylic acid groups (broad SMARTS) is 1. The van der Waals surface area contributed by atoms with E-state index >= 15 is 0 Å². The Labute approximate surface area is 104 Å². The van der Waals surface area contributed by atoms with Gasteiger partial charge in [-0.1, -0.05) is 23.7 Å². The number of benzene rings is 1. The molecule has 2 bridgehead atoms. The largest absolute Gasteiger partial charge is 0.481 e. The molecule has 0 aromatic heterocycles. The number of ether oxygens (including phenoxy) is 1. The summed E-state index contributed by atoms with van der Waals surface area (Å²) in [7, 11) is 0. The zero-order valence-electron chi connectivity index (χ0n) is 9.17. The van der Waals surface area contributed by atoms with Crippen LogP contribution in [0.15, 0.2) is 24.3 Å². The first-order valence-electron chi connectivity index (χ1n) is 5.80. The second-order valence-corrected chi connectivity index (χ2v) is 5.17. The Morgan fingerprint density at radius 2 is 1.88 bits per heavy atom. The molecular formula is C13H13ClO3. The maximum absolute atomic E-state index is 11.3. The van der Waals surface area contributed by atoms with Crippen molar-refractivity contribution in [3.8, 4) is 0 Å². The highest BCUT2D eigenvalue weighted by Gasteiger charge is 2.52. The van der Waals surface area contributed by atoms with Crippen molar-refractivity contribution in [3.05, 3.63) is 34.9 Å². The van der Waals surface area contributed by atoms with E-state index in [0.29, 0.717) is 5.02 Å². The molecule has 2 saturated heterocycles. The molecular weight excluding hydrogens is 240 g/mol. The van der Waals surface area contributed by atoms with Gasteiger partial charge in [-0.05, 0) is 30.5 Å². The van der Waals surface area contributed by atoms with Crippen LogP contribution in [0.5, 0.6) is 0 Å². The zero-order valence-corrected chi connectivity index (χ0v) is 9.93. The minimum atomic E-state index is -0.753. The summed E-state index contributed by atoms with van der Waals surface area (Å²) in [6, 6.07) is 7.43. The Hall–Kier alpha value is -1.06. The summed E-state index contributed by atoms with van der Waals surface area (Å²) in [6.45, 7) is 0. The number of halogens is 1. The molecule has 2 fully saturated rings. The molecule has 2 aliphatic heterocycles. The molecule has 1 aromatic rings. The summed E-state index contributed by atoms with van der Waals surface area (Å²) in [5.74, 6) is -1.18. The molecule has 90 valence electrons. The lowest BCUT2D eigenvalue weighted by atomic mass is 9.75. The minimum Gasteiger partial charge on any atom is -0.481 e. The van der Waals surface area contributed by atoms with Gasteiger partial charge in [-0.25, -0.2) is 0 Å². The van der Waals surface area contributed by atoms with Gasteiger partial charge >= 0.3 is 5.97 Å². The zero-order chi connectivity index (χ0) is 12.0. The van der Waals surface area contributed by atoms with Crippen LogP contribution >= 0.6 is 11.6 Å².